The Balaban J connectivity index is 2.24. The Bertz CT molecular complexity index is 863. The third kappa shape index (κ3) is 2.57. The van der Waals surface area contributed by atoms with E-state index in [-0.39, 0.29) is 17.0 Å². The minimum Gasteiger partial charge on any atom is -0.440 e. The van der Waals surface area contributed by atoms with E-state index in [2.05, 4.69) is 4.98 Å². The van der Waals surface area contributed by atoms with Gasteiger partial charge in [-0.1, -0.05) is 13.0 Å². The molecule has 3 heterocycles. The van der Waals surface area contributed by atoms with E-state index >= 15 is 0 Å². The van der Waals surface area contributed by atoms with E-state index in [9.17, 15) is 10.1 Å². The fraction of sp³-hybridized carbons (Fsp3) is 0.235. The first-order valence-corrected chi connectivity index (χ1v) is 7.30. The van der Waals surface area contributed by atoms with Gasteiger partial charge in [-0.05, 0) is 18.1 Å². The van der Waals surface area contributed by atoms with Gasteiger partial charge in [-0.25, -0.2) is 4.79 Å². The summed E-state index contributed by atoms with van der Waals surface area (Å²) in [5.41, 5.74) is 6.52. The van der Waals surface area contributed by atoms with Gasteiger partial charge in [0.2, 0.25) is 5.88 Å². The third-order valence-electron chi connectivity index (χ3n) is 3.70. The molecule has 6 nitrogen and oxygen atoms in total. The zero-order valence-corrected chi connectivity index (χ0v) is 12.6. The summed E-state index contributed by atoms with van der Waals surface area (Å²) in [7, 11) is 0. The molecule has 0 bridgehead atoms. The topological polar surface area (TPSA) is 102 Å². The van der Waals surface area contributed by atoms with Crippen molar-refractivity contribution in [3.63, 3.8) is 0 Å². The lowest BCUT2D eigenvalue weighted by molar-refractivity contribution is 0.367. The van der Waals surface area contributed by atoms with Gasteiger partial charge in [-0.15, -0.1) is 0 Å². The van der Waals surface area contributed by atoms with Crippen LogP contribution in [0.15, 0.2) is 51.3 Å². The van der Waals surface area contributed by atoms with Crippen LogP contribution in [0.1, 0.15) is 36.1 Å². The second-order valence-electron chi connectivity index (χ2n) is 5.24. The number of allylic oxidation sites excluding steroid dienone is 1. The Morgan fingerprint density at radius 3 is 2.96 bits per heavy atom. The molecule has 23 heavy (non-hydrogen) atoms. The minimum atomic E-state index is -0.635. The zero-order chi connectivity index (χ0) is 16.4. The third-order valence-corrected chi connectivity index (χ3v) is 3.70. The predicted molar refractivity (Wildman–Crippen MR) is 82.5 cm³/mol. The minimum absolute atomic E-state index is 0.00176. The van der Waals surface area contributed by atoms with Crippen molar-refractivity contribution in [2.75, 3.05) is 0 Å². The Morgan fingerprint density at radius 2 is 2.30 bits per heavy atom. The number of aryl methyl sites for hydroxylation is 1. The van der Waals surface area contributed by atoms with Crippen LogP contribution < -0.4 is 16.1 Å². The number of rotatable bonds is 3. The molecule has 0 fully saturated rings. The van der Waals surface area contributed by atoms with Gasteiger partial charge < -0.3 is 14.9 Å². The maximum atomic E-state index is 12.5. The Kier molecular flexibility index (Phi) is 3.85. The maximum Gasteiger partial charge on any atom is 0.343 e. The second kappa shape index (κ2) is 5.97. The highest BCUT2D eigenvalue weighted by Gasteiger charge is 2.34. The van der Waals surface area contributed by atoms with Crippen molar-refractivity contribution >= 4 is 0 Å². The van der Waals surface area contributed by atoms with Crippen LogP contribution in [0.5, 0.6) is 5.75 Å². The molecule has 0 saturated heterocycles. The molecule has 2 aromatic rings. The Labute approximate surface area is 132 Å². The maximum absolute atomic E-state index is 12.5. The summed E-state index contributed by atoms with van der Waals surface area (Å²) < 4.78 is 10.9. The number of hydrogen-bond acceptors (Lipinski definition) is 6. The number of nitriles is 1. The quantitative estimate of drug-likeness (QED) is 0.932. The summed E-state index contributed by atoms with van der Waals surface area (Å²) in [6.07, 6.45) is 4.68. The smallest absolute Gasteiger partial charge is 0.343 e. The van der Waals surface area contributed by atoms with Crippen LogP contribution in [0.2, 0.25) is 0 Å². The molecule has 1 aliphatic heterocycles. The van der Waals surface area contributed by atoms with Gasteiger partial charge in [0.1, 0.15) is 23.2 Å². The fourth-order valence-electron chi connectivity index (χ4n) is 2.70. The molecule has 3 rings (SSSR count). The molecule has 6 heteroatoms. The highest BCUT2D eigenvalue weighted by molar-refractivity contribution is 5.54. The van der Waals surface area contributed by atoms with Crippen LogP contribution in [-0.2, 0) is 6.42 Å². The number of fused-ring (bicyclic) bond motifs is 1. The summed E-state index contributed by atoms with van der Waals surface area (Å²) in [6.45, 7) is 1.99. The van der Waals surface area contributed by atoms with E-state index < -0.39 is 11.5 Å². The average molecular weight is 309 g/mol. The number of nitrogens with zero attached hydrogens (tertiary/aromatic N) is 2. The van der Waals surface area contributed by atoms with Crippen LogP contribution in [-0.4, -0.2) is 4.98 Å². The van der Waals surface area contributed by atoms with Crippen LogP contribution in [0.4, 0.5) is 0 Å². The molecule has 1 aliphatic rings. The molecule has 0 saturated carbocycles. The van der Waals surface area contributed by atoms with Crippen molar-refractivity contribution in [1.82, 2.24) is 4.98 Å². The van der Waals surface area contributed by atoms with Gasteiger partial charge in [0.15, 0.2) is 0 Å². The number of hydrogen-bond donors (Lipinski definition) is 1. The molecular weight excluding hydrogens is 294 g/mol. The normalized spacial score (nSPS) is 16.4. The van der Waals surface area contributed by atoms with Gasteiger partial charge in [-0.3, -0.25) is 4.98 Å². The SMILES string of the molecule is CCCc1cc2c(c(=O)o1)C(c1cccnc1)C(C#N)=C(N)O2. The fourth-order valence-corrected chi connectivity index (χ4v) is 2.70. The van der Waals surface area contributed by atoms with Crippen LogP contribution >= 0.6 is 0 Å². The molecule has 0 aliphatic carbocycles. The average Bonchev–Trinajstić information content (AvgIpc) is 2.54. The van der Waals surface area contributed by atoms with E-state index in [1.54, 1.807) is 30.6 Å². The molecule has 1 unspecified atom stereocenters. The van der Waals surface area contributed by atoms with E-state index in [1.165, 1.54) is 0 Å². The molecule has 0 spiro atoms. The summed E-state index contributed by atoms with van der Waals surface area (Å²) in [4.78, 5) is 16.5. The lowest BCUT2D eigenvalue weighted by atomic mass is 9.85. The molecule has 2 aromatic heterocycles. The molecular formula is C17H15N3O3. The summed E-state index contributed by atoms with van der Waals surface area (Å²) in [5, 5.41) is 9.43. The lowest BCUT2D eigenvalue weighted by Gasteiger charge is -2.25. The Morgan fingerprint density at radius 1 is 1.48 bits per heavy atom. The molecule has 0 aromatic carbocycles. The highest BCUT2D eigenvalue weighted by atomic mass is 16.5. The van der Waals surface area contributed by atoms with Crippen molar-refractivity contribution in [3.05, 3.63) is 69.4 Å². The lowest BCUT2D eigenvalue weighted by Crippen LogP contribution is -2.26. The van der Waals surface area contributed by atoms with E-state index in [4.69, 9.17) is 14.9 Å². The molecule has 1 atom stereocenters. The van der Waals surface area contributed by atoms with Crippen molar-refractivity contribution in [1.29, 1.82) is 5.26 Å². The van der Waals surface area contributed by atoms with E-state index in [0.29, 0.717) is 23.5 Å². The standard InChI is InChI=1S/C17H15N3O3/c1-2-4-11-7-13-15(17(21)22-11)14(10-5-3-6-20-9-10)12(8-18)16(19)23-13/h3,5-7,9,14H,2,4,19H2,1H3. The van der Waals surface area contributed by atoms with Gasteiger partial charge in [0.05, 0.1) is 11.5 Å². The zero-order valence-electron chi connectivity index (χ0n) is 12.6. The van der Waals surface area contributed by atoms with Gasteiger partial charge in [0.25, 0.3) is 0 Å². The number of pyridine rings is 1. The molecule has 0 amide bonds. The van der Waals surface area contributed by atoms with Crippen LogP contribution in [0.3, 0.4) is 0 Å². The predicted octanol–water partition coefficient (Wildman–Crippen LogP) is 2.21. The number of ether oxygens (including phenoxy) is 1. The highest BCUT2D eigenvalue weighted by Crippen LogP contribution is 2.40. The van der Waals surface area contributed by atoms with E-state index in [1.807, 2.05) is 13.0 Å². The van der Waals surface area contributed by atoms with Crippen molar-refractivity contribution in [2.24, 2.45) is 5.73 Å². The van der Waals surface area contributed by atoms with Crippen molar-refractivity contribution < 1.29 is 9.15 Å². The van der Waals surface area contributed by atoms with Crippen LogP contribution in [0, 0.1) is 11.3 Å². The molecule has 2 N–H and O–H groups in total. The van der Waals surface area contributed by atoms with Gasteiger partial charge in [0, 0.05) is 24.9 Å². The Hall–Kier alpha value is -3.07. The van der Waals surface area contributed by atoms with Gasteiger partial charge >= 0.3 is 5.63 Å². The van der Waals surface area contributed by atoms with Crippen molar-refractivity contribution in [2.45, 2.75) is 25.7 Å². The first kappa shape index (κ1) is 14.9. The van der Waals surface area contributed by atoms with Gasteiger partial charge in [-0.2, -0.15) is 5.26 Å². The first-order valence-electron chi connectivity index (χ1n) is 7.30. The van der Waals surface area contributed by atoms with E-state index in [0.717, 1.165) is 6.42 Å². The van der Waals surface area contributed by atoms with Crippen molar-refractivity contribution in [3.8, 4) is 11.8 Å². The number of nitrogens with two attached hydrogens (primary N) is 1. The van der Waals surface area contributed by atoms with Crippen LogP contribution in [0.25, 0.3) is 0 Å². The molecule has 116 valence electrons. The summed E-state index contributed by atoms with van der Waals surface area (Å²) in [6, 6.07) is 7.23. The largest absolute Gasteiger partial charge is 0.440 e. The second-order valence-corrected chi connectivity index (χ2v) is 5.24. The summed E-state index contributed by atoms with van der Waals surface area (Å²) >= 11 is 0. The number of aromatic nitrogens is 1. The monoisotopic (exact) mass is 309 g/mol. The summed E-state index contributed by atoms with van der Waals surface area (Å²) in [5.74, 6) is 0.246. The molecule has 0 radical (unpaired) electrons. The first-order chi connectivity index (χ1) is 11.2.